The van der Waals surface area contributed by atoms with Gasteiger partial charge in [-0.05, 0) is 36.1 Å². The number of hydrogen-bond donors (Lipinski definition) is 0. The van der Waals surface area contributed by atoms with E-state index in [2.05, 4.69) is 22.0 Å². The van der Waals surface area contributed by atoms with Gasteiger partial charge in [-0.1, -0.05) is 29.8 Å². The van der Waals surface area contributed by atoms with Crippen molar-refractivity contribution in [1.29, 1.82) is 0 Å². The quantitative estimate of drug-likeness (QED) is 0.835. The lowest BCUT2D eigenvalue weighted by Crippen LogP contribution is -2.30. The van der Waals surface area contributed by atoms with Gasteiger partial charge < -0.3 is 4.74 Å². The molecule has 1 heterocycles. The molecule has 1 aromatic rings. The van der Waals surface area contributed by atoms with Crippen molar-refractivity contribution in [2.75, 3.05) is 18.1 Å². The van der Waals surface area contributed by atoms with E-state index in [9.17, 15) is 4.79 Å². The number of carbonyl (C=O) groups is 1. The topological polar surface area (TPSA) is 29.5 Å². The molecule has 0 saturated heterocycles. The maximum absolute atomic E-state index is 11.9. The Labute approximate surface area is 110 Å². The van der Waals surface area contributed by atoms with Gasteiger partial charge in [-0.15, -0.1) is 0 Å². The van der Waals surface area contributed by atoms with E-state index < -0.39 is 0 Å². The first-order valence-electron chi connectivity index (χ1n) is 5.80. The van der Waals surface area contributed by atoms with Crippen LogP contribution in [0.15, 0.2) is 22.7 Å². The first-order valence-corrected chi connectivity index (χ1v) is 6.60. The fraction of sp³-hybridized carbons (Fsp3) is 0.462. The maximum atomic E-state index is 11.9. The maximum Gasteiger partial charge on any atom is 0.414 e. The average molecular weight is 298 g/mol. The van der Waals surface area contributed by atoms with Gasteiger partial charge in [-0.3, -0.25) is 4.90 Å². The summed E-state index contributed by atoms with van der Waals surface area (Å²) in [7, 11) is 0. The summed E-state index contributed by atoms with van der Waals surface area (Å²) in [6.07, 6.45) is 0.658. The number of benzene rings is 1. The highest BCUT2D eigenvalue weighted by Crippen LogP contribution is 2.30. The van der Waals surface area contributed by atoms with Crippen molar-refractivity contribution >= 4 is 27.7 Å². The third kappa shape index (κ3) is 2.80. The molecule has 0 bridgehead atoms. The Bertz CT molecular complexity index is 431. The molecule has 3 nitrogen and oxygen atoms in total. The molecule has 92 valence electrons. The zero-order valence-electron chi connectivity index (χ0n) is 10.1. The minimum Gasteiger partial charge on any atom is -0.449 e. The van der Waals surface area contributed by atoms with Crippen LogP contribution in [-0.2, 0) is 11.2 Å². The number of anilines is 1. The molecule has 0 spiro atoms. The molecule has 0 radical (unpaired) electrons. The van der Waals surface area contributed by atoms with E-state index in [4.69, 9.17) is 4.74 Å². The van der Waals surface area contributed by atoms with Crippen molar-refractivity contribution in [3.63, 3.8) is 0 Å². The van der Waals surface area contributed by atoms with Crippen molar-refractivity contribution in [1.82, 2.24) is 0 Å². The molecule has 0 unspecified atom stereocenters. The predicted octanol–water partition coefficient (Wildman–Crippen LogP) is 3.60. The second kappa shape index (κ2) is 5.08. The molecule has 1 amide bonds. The van der Waals surface area contributed by atoms with Crippen molar-refractivity contribution in [2.45, 2.75) is 20.3 Å². The number of fused-ring (bicyclic) bond motifs is 1. The van der Waals surface area contributed by atoms with Gasteiger partial charge in [-0.25, -0.2) is 4.79 Å². The van der Waals surface area contributed by atoms with Crippen LogP contribution in [0.3, 0.4) is 0 Å². The Morgan fingerprint density at radius 3 is 3.00 bits per heavy atom. The highest BCUT2D eigenvalue weighted by molar-refractivity contribution is 9.10. The number of hydrogen-bond acceptors (Lipinski definition) is 2. The minimum atomic E-state index is -0.236. The molecule has 17 heavy (non-hydrogen) atoms. The van der Waals surface area contributed by atoms with E-state index in [1.165, 1.54) is 5.56 Å². The highest BCUT2D eigenvalue weighted by atomic mass is 79.9. The molecule has 0 saturated carbocycles. The van der Waals surface area contributed by atoms with Crippen LogP contribution in [0, 0.1) is 5.92 Å². The van der Waals surface area contributed by atoms with Gasteiger partial charge in [0.25, 0.3) is 0 Å². The highest BCUT2D eigenvalue weighted by Gasteiger charge is 2.25. The van der Waals surface area contributed by atoms with Crippen LogP contribution in [0.2, 0.25) is 0 Å². The molecule has 0 N–H and O–H groups in total. The second-order valence-corrected chi connectivity index (χ2v) is 5.56. The smallest absolute Gasteiger partial charge is 0.414 e. The van der Waals surface area contributed by atoms with Crippen molar-refractivity contribution in [3.05, 3.63) is 28.2 Å². The average Bonchev–Trinajstić information content (AvgIpc) is 2.68. The normalized spacial score (nSPS) is 14.0. The lowest BCUT2D eigenvalue weighted by molar-refractivity contribution is 0.140. The van der Waals surface area contributed by atoms with E-state index in [1.807, 2.05) is 26.0 Å². The monoisotopic (exact) mass is 297 g/mol. The van der Waals surface area contributed by atoms with E-state index >= 15 is 0 Å². The van der Waals surface area contributed by atoms with Crippen LogP contribution < -0.4 is 4.90 Å². The number of halogens is 1. The molecular weight excluding hydrogens is 282 g/mol. The molecule has 0 atom stereocenters. The Hall–Kier alpha value is -1.03. The van der Waals surface area contributed by atoms with Crippen LogP contribution in [0.1, 0.15) is 19.4 Å². The van der Waals surface area contributed by atoms with Gasteiger partial charge in [-0.2, -0.15) is 0 Å². The Morgan fingerprint density at radius 2 is 2.29 bits per heavy atom. The van der Waals surface area contributed by atoms with Crippen LogP contribution in [0.4, 0.5) is 10.5 Å². The SMILES string of the molecule is CC(C)COC(=O)N1CCc2cc(Br)ccc21. The Morgan fingerprint density at radius 1 is 1.53 bits per heavy atom. The second-order valence-electron chi connectivity index (χ2n) is 4.65. The van der Waals surface area contributed by atoms with Crippen LogP contribution in [0.25, 0.3) is 0 Å². The van der Waals surface area contributed by atoms with Crippen LogP contribution in [0.5, 0.6) is 0 Å². The molecule has 2 rings (SSSR count). The van der Waals surface area contributed by atoms with Gasteiger partial charge >= 0.3 is 6.09 Å². The van der Waals surface area contributed by atoms with E-state index in [0.717, 1.165) is 16.6 Å². The lowest BCUT2D eigenvalue weighted by atomic mass is 10.2. The molecule has 1 aliphatic heterocycles. The zero-order chi connectivity index (χ0) is 12.4. The number of ether oxygens (including phenoxy) is 1. The van der Waals surface area contributed by atoms with Crippen LogP contribution >= 0.6 is 15.9 Å². The van der Waals surface area contributed by atoms with E-state index in [1.54, 1.807) is 4.90 Å². The van der Waals surface area contributed by atoms with E-state index in [0.29, 0.717) is 19.1 Å². The number of nitrogens with zero attached hydrogens (tertiary/aromatic N) is 1. The zero-order valence-corrected chi connectivity index (χ0v) is 11.7. The molecule has 1 aromatic carbocycles. The third-order valence-corrected chi connectivity index (χ3v) is 3.19. The fourth-order valence-electron chi connectivity index (χ4n) is 1.88. The van der Waals surface area contributed by atoms with E-state index in [-0.39, 0.29) is 6.09 Å². The van der Waals surface area contributed by atoms with Gasteiger partial charge in [0.05, 0.1) is 12.3 Å². The molecule has 1 aliphatic rings. The van der Waals surface area contributed by atoms with Crippen molar-refractivity contribution < 1.29 is 9.53 Å². The lowest BCUT2D eigenvalue weighted by Gasteiger charge is -2.17. The number of carbonyl (C=O) groups excluding carboxylic acids is 1. The summed E-state index contributed by atoms with van der Waals surface area (Å²) in [4.78, 5) is 13.6. The molecule has 0 fully saturated rings. The van der Waals surface area contributed by atoms with Crippen LogP contribution in [-0.4, -0.2) is 19.2 Å². The minimum absolute atomic E-state index is 0.236. The van der Waals surface area contributed by atoms with Gasteiger partial charge in [0.15, 0.2) is 0 Å². The summed E-state index contributed by atoms with van der Waals surface area (Å²) in [5.74, 6) is 0.367. The largest absolute Gasteiger partial charge is 0.449 e. The van der Waals surface area contributed by atoms with Crippen molar-refractivity contribution in [3.8, 4) is 0 Å². The summed E-state index contributed by atoms with van der Waals surface area (Å²) in [6, 6.07) is 5.97. The first kappa shape index (κ1) is 12.4. The summed E-state index contributed by atoms with van der Waals surface area (Å²) in [6.45, 7) is 5.24. The van der Waals surface area contributed by atoms with Gasteiger partial charge in [0.2, 0.25) is 0 Å². The number of rotatable bonds is 2. The fourth-order valence-corrected chi connectivity index (χ4v) is 2.28. The summed E-state index contributed by atoms with van der Waals surface area (Å²) >= 11 is 3.44. The molecule has 0 aliphatic carbocycles. The molecule has 4 heteroatoms. The third-order valence-electron chi connectivity index (χ3n) is 2.70. The Kier molecular flexibility index (Phi) is 3.72. The first-order chi connectivity index (χ1) is 8.08. The standard InChI is InChI=1S/C13H16BrNO2/c1-9(2)8-17-13(16)15-6-5-10-7-11(14)3-4-12(10)15/h3-4,7,9H,5-6,8H2,1-2H3. The summed E-state index contributed by atoms with van der Waals surface area (Å²) in [5, 5.41) is 0. The van der Waals surface area contributed by atoms with Gasteiger partial charge in [0.1, 0.15) is 0 Å². The molecular formula is C13H16BrNO2. The predicted molar refractivity (Wildman–Crippen MR) is 71.4 cm³/mol. The summed E-state index contributed by atoms with van der Waals surface area (Å²) < 4.78 is 6.30. The summed E-state index contributed by atoms with van der Waals surface area (Å²) in [5.41, 5.74) is 2.17. The Balaban J connectivity index is 2.08. The molecule has 0 aromatic heterocycles. The number of amides is 1. The van der Waals surface area contributed by atoms with Crippen molar-refractivity contribution in [2.24, 2.45) is 5.92 Å². The van der Waals surface area contributed by atoms with Gasteiger partial charge in [0, 0.05) is 11.0 Å².